The second-order valence-corrected chi connectivity index (χ2v) is 5.17. The van der Waals surface area contributed by atoms with E-state index in [1.54, 1.807) is 0 Å². The number of H-pyrrole nitrogens is 1. The lowest BCUT2D eigenvalue weighted by Crippen LogP contribution is -1.84. The summed E-state index contributed by atoms with van der Waals surface area (Å²) in [6.45, 7) is 6.54. The summed E-state index contributed by atoms with van der Waals surface area (Å²) in [6, 6.07) is 15.3. The van der Waals surface area contributed by atoms with Crippen LogP contribution >= 0.6 is 0 Å². The molecule has 96 valence electrons. The van der Waals surface area contributed by atoms with Crippen LogP contribution in [-0.4, -0.2) is 4.98 Å². The SMILES string of the molecule is CCc1ccc2[nH]c(C)c(-c3ccccc3C)c2c1. The minimum atomic E-state index is 1.08. The average Bonchev–Trinajstić information content (AvgIpc) is 2.74. The highest BCUT2D eigenvalue weighted by Crippen LogP contribution is 2.34. The first-order valence-corrected chi connectivity index (χ1v) is 6.88. The van der Waals surface area contributed by atoms with Gasteiger partial charge in [0.05, 0.1) is 0 Å². The smallest absolute Gasteiger partial charge is 0.0462 e. The Bertz CT molecular complexity index is 735. The highest BCUT2D eigenvalue weighted by Gasteiger charge is 2.12. The second kappa shape index (κ2) is 4.58. The van der Waals surface area contributed by atoms with E-state index in [9.17, 15) is 0 Å². The molecule has 1 aromatic heterocycles. The van der Waals surface area contributed by atoms with Crippen molar-refractivity contribution in [3.63, 3.8) is 0 Å². The molecular formula is C18H19N. The van der Waals surface area contributed by atoms with E-state index in [4.69, 9.17) is 0 Å². The number of rotatable bonds is 2. The molecule has 0 aliphatic rings. The average molecular weight is 249 g/mol. The summed E-state index contributed by atoms with van der Waals surface area (Å²) in [5.74, 6) is 0. The zero-order valence-electron chi connectivity index (χ0n) is 11.7. The summed E-state index contributed by atoms with van der Waals surface area (Å²) in [4.78, 5) is 3.50. The number of aromatic nitrogens is 1. The first-order chi connectivity index (χ1) is 9.20. The highest BCUT2D eigenvalue weighted by molar-refractivity contribution is 5.98. The zero-order valence-corrected chi connectivity index (χ0v) is 11.7. The van der Waals surface area contributed by atoms with E-state index in [2.05, 4.69) is 68.2 Å². The van der Waals surface area contributed by atoms with Crippen molar-refractivity contribution >= 4 is 10.9 Å². The normalized spacial score (nSPS) is 11.1. The van der Waals surface area contributed by atoms with Gasteiger partial charge < -0.3 is 4.98 Å². The Morgan fingerprint density at radius 2 is 1.79 bits per heavy atom. The standard InChI is InChI=1S/C18H19N/c1-4-14-9-10-17-16(11-14)18(13(3)19-17)15-8-6-5-7-12(15)2/h5-11,19H,4H2,1-3H3. The monoisotopic (exact) mass is 249 g/mol. The molecule has 0 aliphatic heterocycles. The quantitative estimate of drug-likeness (QED) is 0.656. The molecule has 3 rings (SSSR count). The third-order valence-electron chi connectivity index (χ3n) is 3.87. The van der Waals surface area contributed by atoms with E-state index in [-0.39, 0.29) is 0 Å². The Hall–Kier alpha value is -2.02. The summed E-state index contributed by atoms with van der Waals surface area (Å²) in [6.07, 6.45) is 1.08. The number of benzene rings is 2. The van der Waals surface area contributed by atoms with Crippen molar-refractivity contribution in [2.45, 2.75) is 27.2 Å². The van der Waals surface area contributed by atoms with E-state index in [0.29, 0.717) is 0 Å². The molecule has 0 fully saturated rings. The first kappa shape index (κ1) is 12.0. The number of nitrogens with one attached hydrogen (secondary N) is 1. The number of fused-ring (bicyclic) bond motifs is 1. The van der Waals surface area contributed by atoms with Crippen LogP contribution in [0.4, 0.5) is 0 Å². The molecular weight excluding hydrogens is 230 g/mol. The van der Waals surface area contributed by atoms with Crippen molar-refractivity contribution in [3.8, 4) is 11.1 Å². The summed E-state index contributed by atoms with van der Waals surface area (Å²) >= 11 is 0. The molecule has 0 radical (unpaired) electrons. The van der Waals surface area contributed by atoms with Crippen LogP contribution < -0.4 is 0 Å². The minimum Gasteiger partial charge on any atom is -0.358 e. The lowest BCUT2D eigenvalue weighted by molar-refractivity contribution is 1.15. The maximum Gasteiger partial charge on any atom is 0.0462 e. The van der Waals surface area contributed by atoms with E-state index >= 15 is 0 Å². The Morgan fingerprint density at radius 1 is 1.00 bits per heavy atom. The van der Waals surface area contributed by atoms with Gasteiger partial charge in [-0.1, -0.05) is 37.3 Å². The fraction of sp³-hybridized carbons (Fsp3) is 0.222. The summed E-state index contributed by atoms with van der Waals surface area (Å²) in [5.41, 5.74) is 7.88. The predicted molar refractivity (Wildman–Crippen MR) is 82.6 cm³/mol. The molecule has 2 aromatic carbocycles. The molecule has 0 unspecified atom stereocenters. The van der Waals surface area contributed by atoms with Gasteiger partial charge in [-0.15, -0.1) is 0 Å². The molecule has 0 amide bonds. The molecule has 0 bridgehead atoms. The maximum atomic E-state index is 3.50. The molecule has 0 saturated carbocycles. The minimum absolute atomic E-state index is 1.08. The van der Waals surface area contributed by atoms with Crippen molar-refractivity contribution in [1.82, 2.24) is 4.98 Å². The molecule has 0 saturated heterocycles. The number of hydrogen-bond acceptors (Lipinski definition) is 0. The fourth-order valence-electron chi connectivity index (χ4n) is 2.79. The topological polar surface area (TPSA) is 15.8 Å². The van der Waals surface area contributed by atoms with Gasteiger partial charge >= 0.3 is 0 Å². The number of aryl methyl sites for hydroxylation is 3. The summed E-state index contributed by atoms with van der Waals surface area (Å²) in [5, 5.41) is 1.34. The van der Waals surface area contributed by atoms with Gasteiger partial charge in [0.15, 0.2) is 0 Å². The van der Waals surface area contributed by atoms with Gasteiger partial charge in [0.25, 0.3) is 0 Å². The van der Waals surface area contributed by atoms with Crippen LogP contribution in [0.25, 0.3) is 22.0 Å². The lowest BCUT2D eigenvalue weighted by atomic mass is 9.97. The van der Waals surface area contributed by atoms with Crippen molar-refractivity contribution in [1.29, 1.82) is 0 Å². The molecule has 19 heavy (non-hydrogen) atoms. The van der Waals surface area contributed by atoms with Crippen LogP contribution in [-0.2, 0) is 6.42 Å². The Balaban J connectivity index is 2.34. The van der Waals surface area contributed by atoms with Crippen molar-refractivity contribution < 1.29 is 0 Å². The van der Waals surface area contributed by atoms with Crippen LogP contribution in [0.3, 0.4) is 0 Å². The molecule has 0 atom stereocenters. The molecule has 1 nitrogen and oxygen atoms in total. The predicted octanol–water partition coefficient (Wildman–Crippen LogP) is 5.01. The molecule has 0 aliphatic carbocycles. The molecule has 1 N–H and O–H groups in total. The zero-order chi connectivity index (χ0) is 13.4. The number of hydrogen-bond donors (Lipinski definition) is 1. The fourth-order valence-corrected chi connectivity index (χ4v) is 2.79. The molecule has 1 heteroatoms. The van der Waals surface area contributed by atoms with E-state index in [0.717, 1.165) is 6.42 Å². The van der Waals surface area contributed by atoms with E-state index in [1.165, 1.54) is 38.9 Å². The Labute approximate surface area is 114 Å². The van der Waals surface area contributed by atoms with Crippen LogP contribution in [0.15, 0.2) is 42.5 Å². The second-order valence-electron chi connectivity index (χ2n) is 5.17. The van der Waals surface area contributed by atoms with Gasteiger partial charge in [-0.05, 0) is 49.1 Å². The van der Waals surface area contributed by atoms with Gasteiger partial charge in [0.1, 0.15) is 0 Å². The van der Waals surface area contributed by atoms with Crippen LogP contribution in [0.5, 0.6) is 0 Å². The molecule has 1 heterocycles. The summed E-state index contributed by atoms with van der Waals surface area (Å²) < 4.78 is 0. The van der Waals surface area contributed by atoms with E-state index < -0.39 is 0 Å². The third kappa shape index (κ3) is 1.95. The van der Waals surface area contributed by atoms with Gasteiger partial charge in [-0.3, -0.25) is 0 Å². The first-order valence-electron chi connectivity index (χ1n) is 6.88. The molecule has 3 aromatic rings. The highest BCUT2D eigenvalue weighted by atomic mass is 14.7. The van der Waals surface area contributed by atoms with Crippen LogP contribution in [0, 0.1) is 13.8 Å². The summed E-state index contributed by atoms with van der Waals surface area (Å²) in [7, 11) is 0. The van der Waals surface area contributed by atoms with Crippen molar-refractivity contribution in [3.05, 3.63) is 59.3 Å². The molecule has 0 spiro atoms. The lowest BCUT2D eigenvalue weighted by Gasteiger charge is -2.06. The van der Waals surface area contributed by atoms with Gasteiger partial charge in [-0.2, -0.15) is 0 Å². The Morgan fingerprint density at radius 3 is 2.53 bits per heavy atom. The van der Waals surface area contributed by atoms with Gasteiger partial charge in [-0.25, -0.2) is 0 Å². The maximum absolute atomic E-state index is 3.50. The number of aromatic amines is 1. The van der Waals surface area contributed by atoms with Crippen molar-refractivity contribution in [2.75, 3.05) is 0 Å². The van der Waals surface area contributed by atoms with Gasteiger partial charge in [0.2, 0.25) is 0 Å². The van der Waals surface area contributed by atoms with Crippen LogP contribution in [0.1, 0.15) is 23.7 Å². The van der Waals surface area contributed by atoms with E-state index in [1.807, 2.05) is 0 Å². The van der Waals surface area contributed by atoms with Crippen LogP contribution in [0.2, 0.25) is 0 Å². The van der Waals surface area contributed by atoms with Crippen molar-refractivity contribution in [2.24, 2.45) is 0 Å². The largest absolute Gasteiger partial charge is 0.358 e. The third-order valence-corrected chi connectivity index (χ3v) is 3.87. The van der Waals surface area contributed by atoms with Gasteiger partial charge in [0, 0.05) is 22.2 Å². The Kier molecular flexibility index (Phi) is 2.90.